The number of nitrogens with one attached hydrogen (secondary N) is 2. The summed E-state index contributed by atoms with van der Waals surface area (Å²) in [6.07, 6.45) is -10.5. The fraction of sp³-hybridized carbons (Fsp3) is 0.483. The van der Waals surface area contributed by atoms with Gasteiger partial charge in [0.2, 0.25) is 11.8 Å². The van der Waals surface area contributed by atoms with Crippen molar-refractivity contribution in [3.63, 3.8) is 0 Å². The number of carbonyl (C=O) groups is 3. The normalized spacial score (nSPS) is 13.6. The minimum Gasteiger partial charge on any atom is -0.447 e. The van der Waals surface area contributed by atoms with Gasteiger partial charge in [-0.15, -0.1) is 0 Å². The van der Waals surface area contributed by atoms with E-state index in [4.69, 9.17) is 17.2 Å². The van der Waals surface area contributed by atoms with Crippen molar-refractivity contribution < 1.29 is 50.9 Å². The fourth-order valence-corrected chi connectivity index (χ4v) is 4.31. The molecular formula is C29H38BF6N5O5. The van der Waals surface area contributed by atoms with Gasteiger partial charge in [0.05, 0.1) is 23.2 Å². The Balaban J connectivity index is 2.21. The Hall–Kier alpha value is -3.51. The van der Waals surface area contributed by atoms with Crippen molar-refractivity contribution in [2.24, 2.45) is 17.2 Å². The first kappa shape index (κ1) is 38.7. The van der Waals surface area contributed by atoms with Crippen molar-refractivity contribution >= 4 is 30.0 Å². The lowest BCUT2D eigenvalue weighted by atomic mass is 9.63. The Labute approximate surface area is 262 Å². The maximum atomic E-state index is 13.5. The van der Waals surface area contributed by atoms with Crippen LogP contribution < -0.4 is 33.3 Å². The summed E-state index contributed by atoms with van der Waals surface area (Å²) in [7, 11) is 0. The highest BCUT2D eigenvalue weighted by Crippen LogP contribution is 2.30. The predicted molar refractivity (Wildman–Crippen MR) is 159 cm³/mol. The summed E-state index contributed by atoms with van der Waals surface area (Å²) in [5.41, 5.74) is 13.5. The molecule has 0 aliphatic carbocycles. The summed E-state index contributed by atoms with van der Waals surface area (Å²) >= 11 is 0. The van der Waals surface area contributed by atoms with Gasteiger partial charge in [-0.2, -0.15) is 26.3 Å². The maximum Gasteiger partial charge on any atom is 0.416 e. The topological polar surface area (TPSA) is 194 Å². The minimum absolute atomic E-state index is 0.0131. The third-order valence-electron chi connectivity index (χ3n) is 7.31. The molecule has 2 aromatic carbocycles. The number of aryl methyl sites for hydroxylation is 1. The van der Waals surface area contributed by atoms with Crippen LogP contribution in [0.4, 0.5) is 26.3 Å². The zero-order valence-electron chi connectivity index (χ0n) is 25.0. The van der Waals surface area contributed by atoms with E-state index in [2.05, 4.69) is 10.6 Å². The molecule has 0 heterocycles. The second-order valence-corrected chi connectivity index (χ2v) is 11.1. The van der Waals surface area contributed by atoms with Gasteiger partial charge in [0, 0.05) is 32.5 Å². The number of hydrogen-bond acceptors (Lipinski definition) is 8. The number of amides is 2. The highest BCUT2D eigenvalue weighted by atomic mass is 19.4. The van der Waals surface area contributed by atoms with Crippen molar-refractivity contribution in [2.75, 3.05) is 19.6 Å². The molecule has 254 valence electrons. The van der Waals surface area contributed by atoms with Gasteiger partial charge < -0.3 is 38.0 Å². The number of alkyl halides is 6. The second kappa shape index (κ2) is 16.4. The van der Waals surface area contributed by atoms with Crippen molar-refractivity contribution in [3.8, 4) is 0 Å². The van der Waals surface area contributed by atoms with Gasteiger partial charge in [0.15, 0.2) is 5.78 Å². The van der Waals surface area contributed by atoms with E-state index in [0.717, 1.165) is 24.3 Å². The van der Waals surface area contributed by atoms with Crippen LogP contribution in [-0.2, 0) is 39.6 Å². The molecule has 0 saturated carbocycles. The van der Waals surface area contributed by atoms with Crippen LogP contribution in [0.3, 0.4) is 0 Å². The highest BCUT2D eigenvalue weighted by Gasteiger charge is 2.33. The molecule has 0 aliphatic rings. The quantitative estimate of drug-likeness (QED) is 0.101. The molecule has 2 aromatic rings. The summed E-state index contributed by atoms with van der Waals surface area (Å²) < 4.78 is 79.3. The van der Waals surface area contributed by atoms with Crippen molar-refractivity contribution in [1.82, 2.24) is 10.6 Å². The highest BCUT2D eigenvalue weighted by molar-refractivity contribution is 6.64. The third-order valence-corrected chi connectivity index (χ3v) is 7.31. The van der Waals surface area contributed by atoms with E-state index < -0.39 is 72.1 Å². The Morgan fingerprint density at radius 3 is 2.00 bits per heavy atom. The molecule has 0 spiro atoms. The van der Waals surface area contributed by atoms with Gasteiger partial charge in [-0.05, 0) is 54.1 Å². The van der Waals surface area contributed by atoms with Crippen LogP contribution in [0.25, 0.3) is 0 Å². The first-order chi connectivity index (χ1) is 21.3. The van der Waals surface area contributed by atoms with Crippen LogP contribution in [0, 0.1) is 0 Å². The van der Waals surface area contributed by atoms with E-state index >= 15 is 0 Å². The maximum absolute atomic E-state index is 13.5. The number of nitrogens with two attached hydrogens (primary N) is 3. The Morgan fingerprint density at radius 2 is 1.48 bits per heavy atom. The molecule has 2 rings (SSSR count). The average Bonchev–Trinajstić information content (AvgIpc) is 2.99. The standard InChI is InChI=1S/C29H38BF6N5O5/c1-30(46)21-11-18(10-20(13-21)29(34,35)36)12-24(42)23(8-4-17-2-5-19(6-3-17)28(31,32)33)41-26(44)22(39)7-9-25(43)40-16-27(45,14-37)15-38/h2-3,5-6,10-11,13,22-23,45-46H,4,7-9,12,14-16,37-39H2,1H3,(H,40,43)(H,41,44)/t22-,23+/m0/s1. The molecule has 2 atom stereocenters. The molecule has 0 aromatic heterocycles. The van der Waals surface area contributed by atoms with Gasteiger partial charge in [-0.25, -0.2) is 0 Å². The van der Waals surface area contributed by atoms with E-state index in [9.17, 15) is 50.9 Å². The monoisotopic (exact) mass is 661 g/mol. The number of ketones is 1. The number of carbonyl (C=O) groups excluding carboxylic acids is 3. The average molecular weight is 661 g/mol. The Bertz CT molecular complexity index is 1340. The van der Waals surface area contributed by atoms with Crippen LogP contribution >= 0.6 is 0 Å². The minimum atomic E-state index is -4.77. The molecule has 0 fully saturated rings. The van der Waals surface area contributed by atoms with E-state index in [1.165, 1.54) is 25.0 Å². The van der Waals surface area contributed by atoms with Gasteiger partial charge in [0.1, 0.15) is 5.60 Å². The fourth-order valence-electron chi connectivity index (χ4n) is 4.31. The molecule has 0 unspecified atom stereocenters. The summed E-state index contributed by atoms with van der Waals surface area (Å²) in [5.74, 6) is -2.14. The van der Waals surface area contributed by atoms with Gasteiger partial charge in [-0.1, -0.05) is 31.1 Å². The number of aliphatic hydroxyl groups is 1. The van der Waals surface area contributed by atoms with E-state index in [-0.39, 0.29) is 56.3 Å². The number of hydrogen-bond donors (Lipinski definition) is 7. The molecule has 2 amide bonds. The lowest BCUT2D eigenvalue weighted by Gasteiger charge is -2.25. The van der Waals surface area contributed by atoms with Crippen LogP contribution in [0.1, 0.15) is 41.5 Å². The van der Waals surface area contributed by atoms with Gasteiger partial charge >= 0.3 is 19.3 Å². The van der Waals surface area contributed by atoms with E-state index in [0.29, 0.717) is 5.56 Å². The van der Waals surface area contributed by atoms with Crippen molar-refractivity contribution in [2.45, 2.75) is 69.0 Å². The zero-order valence-corrected chi connectivity index (χ0v) is 25.0. The number of halogens is 6. The number of Topliss-reactive ketones (excluding diaryl/α,β-unsaturated/α-hetero) is 1. The summed E-state index contributed by atoms with van der Waals surface area (Å²) in [5, 5.41) is 24.8. The van der Waals surface area contributed by atoms with Crippen LogP contribution in [0.15, 0.2) is 42.5 Å². The molecule has 0 saturated heterocycles. The van der Waals surface area contributed by atoms with Crippen molar-refractivity contribution in [1.29, 1.82) is 0 Å². The third kappa shape index (κ3) is 12.0. The Morgan fingerprint density at radius 1 is 0.891 bits per heavy atom. The predicted octanol–water partition coefficient (Wildman–Crippen LogP) is 0.646. The summed E-state index contributed by atoms with van der Waals surface area (Å²) in [6, 6.07) is 4.23. The van der Waals surface area contributed by atoms with E-state index in [1.807, 2.05) is 0 Å². The molecule has 10 N–H and O–H groups in total. The molecule has 0 radical (unpaired) electrons. The molecule has 0 aliphatic heterocycles. The molecule has 17 heteroatoms. The van der Waals surface area contributed by atoms with Crippen LogP contribution in [0.2, 0.25) is 6.82 Å². The summed E-state index contributed by atoms with van der Waals surface area (Å²) in [6.45, 7) is -0.691. The first-order valence-electron chi connectivity index (χ1n) is 14.3. The number of benzene rings is 2. The molecule has 46 heavy (non-hydrogen) atoms. The first-order valence-corrected chi connectivity index (χ1v) is 14.3. The molecule has 10 nitrogen and oxygen atoms in total. The molecular weight excluding hydrogens is 623 g/mol. The van der Waals surface area contributed by atoms with Gasteiger partial charge in [0.25, 0.3) is 0 Å². The van der Waals surface area contributed by atoms with Crippen LogP contribution in [0.5, 0.6) is 0 Å². The summed E-state index contributed by atoms with van der Waals surface area (Å²) in [4.78, 5) is 38.5. The smallest absolute Gasteiger partial charge is 0.416 e. The SMILES string of the molecule is CB(O)c1cc(CC(=O)[C@@H](CCc2ccc(C(F)(F)F)cc2)NC(=O)[C@@H](N)CCC(=O)NCC(O)(CN)CN)cc(C(F)(F)F)c1. The number of rotatable bonds is 16. The van der Waals surface area contributed by atoms with Gasteiger partial charge in [-0.3, -0.25) is 14.4 Å². The Kier molecular flexibility index (Phi) is 13.8. The van der Waals surface area contributed by atoms with E-state index in [1.54, 1.807) is 0 Å². The lowest BCUT2D eigenvalue weighted by molar-refractivity contribution is -0.138. The molecule has 0 bridgehead atoms. The lowest BCUT2D eigenvalue weighted by Crippen LogP contribution is -2.53. The van der Waals surface area contributed by atoms with Crippen molar-refractivity contribution in [3.05, 3.63) is 64.7 Å². The second-order valence-electron chi connectivity index (χ2n) is 11.1. The largest absolute Gasteiger partial charge is 0.447 e. The zero-order chi connectivity index (χ0) is 34.9. The van der Waals surface area contributed by atoms with Crippen LogP contribution in [-0.4, -0.2) is 72.0 Å².